The second kappa shape index (κ2) is 8.90. The fourth-order valence-corrected chi connectivity index (χ4v) is 5.07. The summed E-state index contributed by atoms with van der Waals surface area (Å²) in [5, 5.41) is 3.67. The highest BCUT2D eigenvalue weighted by Gasteiger charge is 2.28. The van der Waals surface area contributed by atoms with Gasteiger partial charge in [0.05, 0.1) is 17.7 Å². The Kier molecular flexibility index (Phi) is 6.06. The van der Waals surface area contributed by atoms with Crippen molar-refractivity contribution in [2.75, 3.05) is 12.4 Å². The maximum Gasteiger partial charge on any atom is 0.412 e. The second-order valence-corrected chi connectivity index (χ2v) is 8.44. The van der Waals surface area contributed by atoms with Crippen molar-refractivity contribution in [3.63, 3.8) is 0 Å². The van der Waals surface area contributed by atoms with Crippen molar-refractivity contribution in [2.24, 2.45) is 0 Å². The van der Waals surface area contributed by atoms with Gasteiger partial charge in [0, 0.05) is 10.4 Å². The third kappa shape index (κ3) is 4.20. The second-order valence-electron chi connectivity index (χ2n) is 6.93. The van der Waals surface area contributed by atoms with Gasteiger partial charge in [0.25, 0.3) is 0 Å². The molecule has 154 valence electrons. The molecule has 0 saturated heterocycles. The van der Waals surface area contributed by atoms with Crippen LogP contribution in [0.3, 0.4) is 0 Å². The van der Waals surface area contributed by atoms with E-state index in [4.69, 9.17) is 21.1 Å². The van der Waals surface area contributed by atoms with E-state index >= 15 is 0 Å². The van der Waals surface area contributed by atoms with Gasteiger partial charge in [0.1, 0.15) is 17.4 Å². The summed E-state index contributed by atoms with van der Waals surface area (Å²) in [4.78, 5) is 26.8. The molecular weight excluding hydrogens is 422 g/mol. The van der Waals surface area contributed by atoms with Crippen LogP contribution in [0.4, 0.5) is 9.80 Å². The van der Waals surface area contributed by atoms with Crippen LogP contribution in [0.5, 0.6) is 5.75 Å². The summed E-state index contributed by atoms with van der Waals surface area (Å²) in [5.74, 6) is 0.337. The van der Waals surface area contributed by atoms with Crippen molar-refractivity contribution in [3.05, 3.63) is 80.7 Å². The molecule has 30 heavy (non-hydrogen) atoms. The number of hydrogen-bond donors (Lipinski definition) is 1. The van der Waals surface area contributed by atoms with Gasteiger partial charge in [-0.1, -0.05) is 41.9 Å². The molecule has 1 aromatic heterocycles. The lowest BCUT2D eigenvalue weighted by Gasteiger charge is -2.10. The summed E-state index contributed by atoms with van der Waals surface area (Å²) >= 11 is 7.65. The van der Waals surface area contributed by atoms with E-state index in [2.05, 4.69) is 5.32 Å². The number of rotatable bonds is 6. The molecule has 2 aromatic carbocycles. The number of fused-ring (bicyclic) bond motifs is 1. The number of methoxy groups -OCH3 is 1. The Labute approximate surface area is 183 Å². The van der Waals surface area contributed by atoms with E-state index in [0.717, 1.165) is 35.3 Å². The Balaban J connectivity index is 1.57. The average molecular weight is 442 g/mol. The van der Waals surface area contributed by atoms with Crippen LogP contribution < -0.4 is 10.1 Å². The number of carbonyl (C=O) groups is 2. The minimum atomic E-state index is -0.583. The van der Waals surface area contributed by atoms with Crippen LogP contribution in [0.15, 0.2) is 48.5 Å². The zero-order valence-electron chi connectivity index (χ0n) is 16.4. The van der Waals surface area contributed by atoms with Gasteiger partial charge in [-0.2, -0.15) is 0 Å². The Morgan fingerprint density at radius 3 is 2.67 bits per heavy atom. The lowest BCUT2D eigenvalue weighted by Crippen LogP contribution is -2.15. The van der Waals surface area contributed by atoms with Crippen molar-refractivity contribution in [3.8, 4) is 5.75 Å². The molecule has 0 atom stereocenters. The maximum absolute atomic E-state index is 13.3. The van der Waals surface area contributed by atoms with Gasteiger partial charge in [0.15, 0.2) is 5.78 Å². The van der Waals surface area contributed by atoms with Crippen LogP contribution in [-0.4, -0.2) is 19.0 Å². The first kappa shape index (κ1) is 20.4. The predicted molar refractivity (Wildman–Crippen MR) is 118 cm³/mol. The standard InChI is InChI=1S/C23H20ClNO4S/c1-28-18-11-10-15(12-17(18)24)21(26)20-16-8-5-9-19(16)30-22(20)25-23(27)29-13-14-6-3-2-4-7-14/h2-4,6-7,10-12H,5,8-9,13H2,1H3,(H,25,27). The number of amides is 1. The van der Waals surface area contributed by atoms with Gasteiger partial charge in [-0.25, -0.2) is 4.79 Å². The van der Waals surface area contributed by atoms with E-state index in [1.807, 2.05) is 30.3 Å². The molecule has 5 nitrogen and oxygen atoms in total. The molecule has 0 spiro atoms. The molecule has 0 fully saturated rings. The number of ketones is 1. The zero-order chi connectivity index (χ0) is 21.1. The van der Waals surface area contributed by atoms with E-state index in [9.17, 15) is 9.59 Å². The van der Waals surface area contributed by atoms with Crippen molar-refractivity contribution in [1.82, 2.24) is 0 Å². The Morgan fingerprint density at radius 1 is 1.13 bits per heavy atom. The van der Waals surface area contributed by atoms with Crippen molar-refractivity contribution in [1.29, 1.82) is 0 Å². The summed E-state index contributed by atoms with van der Waals surface area (Å²) in [6.07, 6.45) is 2.14. The molecule has 1 aliphatic rings. The van der Waals surface area contributed by atoms with E-state index in [1.165, 1.54) is 18.4 Å². The van der Waals surface area contributed by atoms with E-state index in [1.54, 1.807) is 18.2 Å². The highest BCUT2D eigenvalue weighted by atomic mass is 35.5. The first-order chi connectivity index (χ1) is 14.6. The predicted octanol–water partition coefficient (Wildman–Crippen LogP) is 5.88. The SMILES string of the molecule is COc1ccc(C(=O)c2c(NC(=O)OCc3ccccc3)sc3c2CCC3)cc1Cl. The summed E-state index contributed by atoms with van der Waals surface area (Å²) in [7, 11) is 1.53. The van der Waals surface area contributed by atoms with Crippen LogP contribution in [0.25, 0.3) is 0 Å². The number of halogens is 1. The number of hydrogen-bond acceptors (Lipinski definition) is 5. The fourth-order valence-electron chi connectivity index (χ4n) is 3.54. The van der Waals surface area contributed by atoms with E-state index in [0.29, 0.717) is 26.9 Å². The van der Waals surface area contributed by atoms with E-state index in [-0.39, 0.29) is 12.4 Å². The largest absolute Gasteiger partial charge is 0.495 e. The summed E-state index contributed by atoms with van der Waals surface area (Å²) < 4.78 is 10.5. The first-order valence-corrected chi connectivity index (χ1v) is 10.8. The van der Waals surface area contributed by atoms with Crippen LogP contribution >= 0.6 is 22.9 Å². The summed E-state index contributed by atoms with van der Waals surface area (Å²) in [5.41, 5.74) is 2.89. The molecule has 0 radical (unpaired) electrons. The minimum absolute atomic E-state index is 0.162. The summed E-state index contributed by atoms with van der Waals surface area (Å²) in [6, 6.07) is 14.4. The van der Waals surface area contributed by atoms with Crippen LogP contribution in [0.2, 0.25) is 5.02 Å². The number of thiophene rings is 1. The molecule has 0 unspecified atom stereocenters. The third-order valence-electron chi connectivity index (χ3n) is 4.99. The molecule has 0 bridgehead atoms. The van der Waals surface area contributed by atoms with Crippen molar-refractivity contribution in [2.45, 2.75) is 25.9 Å². The van der Waals surface area contributed by atoms with Gasteiger partial charge in [-0.15, -0.1) is 11.3 Å². The van der Waals surface area contributed by atoms with Crippen LogP contribution in [0.1, 0.15) is 38.3 Å². The smallest absolute Gasteiger partial charge is 0.412 e. The fraction of sp³-hybridized carbons (Fsp3) is 0.217. The number of aryl methyl sites for hydroxylation is 1. The number of carbonyl (C=O) groups excluding carboxylic acids is 2. The van der Waals surface area contributed by atoms with Gasteiger partial charge >= 0.3 is 6.09 Å². The highest BCUT2D eigenvalue weighted by Crippen LogP contribution is 2.40. The van der Waals surface area contributed by atoms with Gasteiger partial charge < -0.3 is 9.47 Å². The quantitative estimate of drug-likeness (QED) is 0.485. The zero-order valence-corrected chi connectivity index (χ0v) is 17.9. The number of anilines is 1. The Bertz CT molecular complexity index is 1090. The van der Waals surface area contributed by atoms with Crippen molar-refractivity contribution >= 4 is 39.8 Å². The van der Waals surface area contributed by atoms with E-state index < -0.39 is 6.09 Å². The molecule has 4 rings (SSSR count). The average Bonchev–Trinajstić information content (AvgIpc) is 3.33. The lowest BCUT2D eigenvalue weighted by molar-refractivity contribution is 0.103. The molecule has 0 saturated carbocycles. The lowest BCUT2D eigenvalue weighted by atomic mass is 10.00. The monoisotopic (exact) mass is 441 g/mol. The number of nitrogens with one attached hydrogen (secondary N) is 1. The van der Waals surface area contributed by atoms with Crippen LogP contribution in [0, 0.1) is 0 Å². The molecule has 7 heteroatoms. The molecule has 1 N–H and O–H groups in total. The van der Waals surface area contributed by atoms with Crippen molar-refractivity contribution < 1.29 is 19.1 Å². The number of ether oxygens (including phenoxy) is 2. The molecule has 0 aliphatic heterocycles. The normalized spacial score (nSPS) is 12.3. The van der Waals surface area contributed by atoms with Gasteiger partial charge in [-0.05, 0) is 48.6 Å². The topological polar surface area (TPSA) is 64.6 Å². The molecule has 1 aliphatic carbocycles. The molecule has 1 amide bonds. The highest BCUT2D eigenvalue weighted by molar-refractivity contribution is 7.17. The molecule has 1 heterocycles. The molecular formula is C23H20ClNO4S. The number of benzene rings is 2. The summed E-state index contributed by atoms with van der Waals surface area (Å²) in [6.45, 7) is 0.162. The van der Waals surface area contributed by atoms with Gasteiger partial charge in [-0.3, -0.25) is 10.1 Å². The van der Waals surface area contributed by atoms with Crippen LogP contribution in [-0.2, 0) is 24.2 Å². The molecule has 3 aromatic rings. The Morgan fingerprint density at radius 2 is 1.93 bits per heavy atom. The minimum Gasteiger partial charge on any atom is -0.495 e. The maximum atomic E-state index is 13.3. The third-order valence-corrected chi connectivity index (χ3v) is 6.49. The Hall–Kier alpha value is -2.83. The van der Waals surface area contributed by atoms with Gasteiger partial charge in [0.2, 0.25) is 0 Å². The first-order valence-electron chi connectivity index (χ1n) is 9.57.